The number of carbonyl (C=O) groups is 3. The van der Waals surface area contributed by atoms with E-state index in [1.807, 2.05) is 42.5 Å². The third-order valence-corrected chi connectivity index (χ3v) is 6.23. The number of hydrogen-bond donors (Lipinski definition) is 0. The summed E-state index contributed by atoms with van der Waals surface area (Å²) >= 11 is 0. The second-order valence-electron chi connectivity index (χ2n) is 7.56. The van der Waals surface area contributed by atoms with Crippen molar-refractivity contribution in [1.29, 1.82) is 0 Å². The normalized spacial score (nSPS) is 28.5. The van der Waals surface area contributed by atoms with Gasteiger partial charge in [0.15, 0.2) is 5.78 Å². The van der Waals surface area contributed by atoms with Crippen molar-refractivity contribution in [3.05, 3.63) is 83.4 Å². The monoisotopic (exact) mass is 357 g/mol. The van der Waals surface area contributed by atoms with Crippen LogP contribution in [0.15, 0.2) is 66.7 Å². The summed E-state index contributed by atoms with van der Waals surface area (Å²) in [4.78, 5) is 40.4. The van der Waals surface area contributed by atoms with Crippen molar-refractivity contribution >= 4 is 17.6 Å². The molecule has 1 aliphatic heterocycles. The van der Waals surface area contributed by atoms with Gasteiger partial charge in [-0.05, 0) is 36.8 Å². The molecule has 27 heavy (non-hydrogen) atoms. The zero-order chi connectivity index (χ0) is 18.5. The predicted molar refractivity (Wildman–Crippen MR) is 100 cm³/mol. The van der Waals surface area contributed by atoms with Crippen LogP contribution in [-0.4, -0.2) is 28.5 Å². The molecule has 0 radical (unpaired) electrons. The Balaban J connectivity index is 1.50. The predicted octanol–water partition coefficient (Wildman–Crippen LogP) is 3.75. The first-order valence-corrected chi connectivity index (χ1v) is 9.41. The second-order valence-corrected chi connectivity index (χ2v) is 7.56. The van der Waals surface area contributed by atoms with Gasteiger partial charge < -0.3 is 0 Å². The highest BCUT2D eigenvalue weighted by molar-refractivity contribution is 6.21. The molecule has 1 saturated carbocycles. The van der Waals surface area contributed by atoms with Crippen molar-refractivity contribution in [1.82, 2.24) is 4.90 Å². The summed E-state index contributed by atoms with van der Waals surface area (Å²) in [6.07, 6.45) is 5.78. The summed E-state index contributed by atoms with van der Waals surface area (Å²) in [7, 11) is 0. The first-order valence-electron chi connectivity index (χ1n) is 9.41. The maximum absolute atomic E-state index is 13.2. The topological polar surface area (TPSA) is 54.5 Å². The number of carbonyl (C=O) groups excluding carboxylic acids is 3. The van der Waals surface area contributed by atoms with E-state index >= 15 is 0 Å². The number of benzene rings is 2. The second kappa shape index (κ2) is 6.02. The summed E-state index contributed by atoms with van der Waals surface area (Å²) in [6, 6.07) is 15.9. The fourth-order valence-electron chi connectivity index (χ4n) is 5.00. The standard InChI is InChI=1S/C23H19NO3/c25-21(15-6-2-1-3-7-15)20-14-10-12-18(20)19(13-11-14)24-22(26)16-8-4-5-9-17(16)23(24)27/h1-9,11,13-14,18-20H,10,12H2/t14?,18?,19-,20?/m0/s1. The molecule has 2 aliphatic carbocycles. The third kappa shape index (κ3) is 2.33. The van der Waals surface area contributed by atoms with Crippen LogP contribution < -0.4 is 0 Å². The number of nitrogens with zero attached hydrogens (tertiary/aromatic N) is 1. The highest BCUT2D eigenvalue weighted by Crippen LogP contribution is 2.47. The van der Waals surface area contributed by atoms with E-state index in [2.05, 4.69) is 0 Å². The molecule has 3 unspecified atom stereocenters. The molecule has 0 aromatic heterocycles. The molecule has 4 heteroatoms. The van der Waals surface area contributed by atoms with Gasteiger partial charge in [-0.25, -0.2) is 0 Å². The van der Waals surface area contributed by atoms with Crippen LogP contribution >= 0.6 is 0 Å². The Hall–Kier alpha value is -3.01. The quantitative estimate of drug-likeness (QED) is 0.478. The highest BCUT2D eigenvalue weighted by atomic mass is 16.2. The smallest absolute Gasteiger partial charge is 0.262 e. The fourth-order valence-corrected chi connectivity index (χ4v) is 5.00. The lowest BCUT2D eigenvalue weighted by Crippen LogP contribution is -2.47. The van der Waals surface area contributed by atoms with Crippen LogP contribution in [-0.2, 0) is 0 Å². The van der Waals surface area contributed by atoms with Crippen LogP contribution in [0.3, 0.4) is 0 Å². The van der Waals surface area contributed by atoms with Crippen LogP contribution in [0.1, 0.15) is 43.9 Å². The van der Waals surface area contributed by atoms with Crippen LogP contribution in [0.25, 0.3) is 0 Å². The SMILES string of the molecule is O=C(c1ccccc1)C1C2C=C[C@H](N3C(=O)c4ccccc4C3=O)C1CC2. The Morgan fingerprint density at radius 3 is 2.11 bits per heavy atom. The number of rotatable bonds is 3. The number of allylic oxidation sites excluding steroid dienone is 1. The van der Waals surface area contributed by atoms with Gasteiger partial charge in [0.25, 0.3) is 11.8 Å². The molecule has 2 aromatic carbocycles. The molecule has 2 bridgehead atoms. The minimum Gasteiger partial charge on any atom is -0.294 e. The summed E-state index contributed by atoms with van der Waals surface area (Å²) in [6.45, 7) is 0. The lowest BCUT2D eigenvalue weighted by molar-refractivity contribution is 0.0517. The van der Waals surface area contributed by atoms with Gasteiger partial charge in [0, 0.05) is 11.5 Å². The number of amides is 2. The van der Waals surface area contributed by atoms with Crippen molar-refractivity contribution in [2.24, 2.45) is 17.8 Å². The lowest BCUT2D eigenvalue weighted by Gasteiger charge is -2.36. The average molecular weight is 357 g/mol. The van der Waals surface area contributed by atoms with Crippen LogP contribution in [0.5, 0.6) is 0 Å². The molecule has 0 saturated heterocycles. The molecular formula is C23H19NO3. The minimum absolute atomic E-state index is 0.0186. The summed E-state index contributed by atoms with van der Waals surface area (Å²) in [5, 5.41) is 0. The number of Topliss-reactive ketones (excluding diaryl/α,β-unsaturated/α-hetero) is 1. The maximum Gasteiger partial charge on any atom is 0.262 e. The minimum atomic E-state index is -0.353. The maximum atomic E-state index is 13.2. The van der Waals surface area contributed by atoms with Crippen LogP contribution in [0.2, 0.25) is 0 Å². The van der Waals surface area contributed by atoms with Gasteiger partial charge in [-0.1, -0.05) is 54.6 Å². The first-order chi connectivity index (χ1) is 13.2. The largest absolute Gasteiger partial charge is 0.294 e. The Kier molecular flexibility index (Phi) is 3.61. The Morgan fingerprint density at radius 1 is 0.815 bits per heavy atom. The van der Waals surface area contributed by atoms with Crippen molar-refractivity contribution in [2.45, 2.75) is 18.9 Å². The van der Waals surface area contributed by atoms with E-state index in [0.717, 1.165) is 12.8 Å². The van der Waals surface area contributed by atoms with Gasteiger partial charge in [-0.3, -0.25) is 19.3 Å². The number of fused-ring (bicyclic) bond motifs is 3. The van der Waals surface area contributed by atoms with Gasteiger partial charge in [-0.15, -0.1) is 0 Å². The Labute approximate surface area is 157 Å². The molecule has 134 valence electrons. The van der Waals surface area contributed by atoms with E-state index in [1.54, 1.807) is 24.3 Å². The van der Waals surface area contributed by atoms with E-state index in [0.29, 0.717) is 16.7 Å². The van der Waals surface area contributed by atoms with Gasteiger partial charge in [0.05, 0.1) is 17.2 Å². The van der Waals surface area contributed by atoms with E-state index < -0.39 is 0 Å². The molecule has 4 nitrogen and oxygen atoms in total. The summed E-state index contributed by atoms with van der Waals surface area (Å²) < 4.78 is 0. The highest BCUT2D eigenvalue weighted by Gasteiger charge is 2.51. The molecule has 1 heterocycles. The zero-order valence-corrected chi connectivity index (χ0v) is 14.7. The van der Waals surface area contributed by atoms with Crippen LogP contribution in [0.4, 0.5) is 0 Å². The lowest BCUT2D eigenvalue weighted by atomic mass is 9.75. The zero-order valence-electron chi connectivity index (χ0n) is 14.7. The van der Waals surface area contributed by atoms with E-state index in [9.17, 15) is 14.4 Å². The van der Waals surface area contributed by atoms with E-state index in [4.69, 9.17) is 0 Å². The molecule has 5 rings (SSSR count). The Morgan fingerprint density at radius 2 is 1.44 bits per heavy atom. The molecule has 2 aromatic rings. The molecule has 4 atom stereocenters. The molecule has 2 amide bonds. The third-order valence-electron chi connectivity index (χ3n) is 6.23. The summed E-state index contributed by atoms with van der Waals surface area (Å²) in [5.74, 6) is -0.382. The van der Waals surface area contributed by atoms with Crippen molar-refractivity contribution < 1.29 is 14.4 Å². The molecule has 0 spiro atoms. The van der Waals surface area contributed by atoms with E-state index in [-0.39, 0.29) is 41.4 Å². The fraction of sp³-hybridized carbons (Fsp3) is 0.261. The average Bonchev–Trinajstić information content (AvgIpc) is 3.16. The number of hydrogen-bond acceptors (Lipinski definition) is 3. The van der Waals surface area contributed by atoms with Gasteiger partial charge in [0.2, 0.25) is 0 Å². The van der Waals surface area contributed by atoms with E-state index in [1.165, 1.54) is 4.90 Å². The number of imide groups is 1. The molecule has 0 N–H and O–H groups in total. The van der Waals surface area contributed by atoms with Crippen molar-refractivity contribution in [3.8, 4) is 0 Å². The van der Waals surface area contributed by atoms with Gasteiger partial charge >= 0.3 is 0 Å². The molecule has 3 aliphatic rings. The first kappa shape index (κ1) is 16.2. The Bertz CT molecular complexity index is 943. The van der Waals surface area contributed by atoms with Gasteiger partial charge in [0.1, 0.15) is 0 Å². The molecular weight excluding hydrogens is 338 g/mol. The summed E-state index contributed by atoms with van der Waals surface area (Å²) in [5.41, 5.74) is 1.62. The molecule has 1 fully saturated rings. The van der Waals surface area contributed by atoms with Crippen LogP contribution in [0, 0.1) is 17.8 Å². The van der Waals surface area contributed by atoms with Gasteiger partial charge in [-0.2, -0.15) is 0 Å². The van der Waals surface area contributed by atoms with Crippen molar-refractivity contribution in [2.75, 3.05) is 0 Å². The number of ketones is 1. The van der Waals surface area contributed by atoms with Crippen molar-refractivity contribution in [3.63, 3.8) is 0 Å².